The van der Waals surface area contributed by atoms with Crippen LogP contribution in [-0.4, -0.2) is 25.5 Å². The zero-order valence-corrected chi connectivity index (χ0v) is 19.8. The molecule has 2 aromatic heterocycles. The molecule has 5 rings (SSSR count). The van der Waals surface area contributed by atoms with Gasteiger partial charge in [0.05, 0.1) is 28.7 Å². The maximum atomic E-state index is 12.7. The van der Waals surface area contributed by atoms with Gasteiger partial charge in [0.25, 0.3) is 0 Å². The number of nitrogens with zero attached hydrogens (tertiary/aromatic N) is 2. The van der Waals surface area contributed by atoms with Crippen molar-refractivity contribution < 1.29 is 13.2 Å². The van der Waals surface area contributed by atoms with Crippen LogP contribution >= 0.6 is 22.9 Å². The molecule has 0 aliphatic carbocycles. The number of fused-ring (bicyclic) bond motifs is 2. The molecule has 33 heavy (non-hydrogen) atoms. The summed E-state index contributed by atoms with van der Waals surface area (Å²) in [4.78, 5) is 9.06. The highest BCUT2D eigenvalue weighted by Crippen LogP contribution is 2.36. The second kappa shape index (κ2) is 8.62. The monoisotopic (exact) mass is 495 g/mol. The molecule has 0 saturated heterocycles. The van der Waals surface area contributed by atoms with E-state index in [2.05, 4.69) is 10.3 Å². The number of ether oxygens (including phenoxy) is 1. The average molecular weight is 496 g/mol. The fraction of sp³-hybridized carbons (Fsp3) is 0.0833. The minimum absolute atomic E-state index is 0.113. The second-order valence-corrected chi connectivity index (χ2v) is 10.8. The smallest absolute Gasteiger partial charge is 0.184 e. The lowest BCUT2D eigenvalue weighted by Gasteiger charge is -2.15. The molecule has 1 N–H and O–H groups in total. The highest BCUT2D eigenvalue weighted by molar-refractivity contribution is 7.90. The lowest BCUT2D eigenvalue weighted by atomic mass is 10.1. The van der Waals surface area contributed by atoms with E-state index in [0.29, 0.717) is 15.8 Å². The molecular weight excluding hydrogens is 478 g/mol. The Morgan fingerprint density at radius 1 is 1.00 bits per heavy atom. The molecule has 166 valence electrons. The molecule has 0 radical (unpaired) electrons. The van der Waals surface area contributed by atoms with Gasteiger partial charge in [-0.25, -0.2) is 18.4 Å². The van der Waals surface area contributed by atoms with Gasteiger partial charge in [0.2, 0.25) is 0 Å². The van der Waals surface area contributed by atoms with E-state index >= 15 is 0 Å². The summed E-state index contributed by atoms with van der Waals surface area (Å²) in [5.41, 5.74) is 3.12. The van der Waals surface area contributed by atoms with E-state index in [9.17, 15) is 8.42 Å². The van der Waals surface area contributed by atoms with Crippen molar-refractivity contribution in [1.29, 1.82) is 0 Å². The number of hydrogen-bond acceptors (Lipinski definition) is 7. The Labute approximate surface area is 199 Å². The summed E-state index contributed by atoms with van der Waals surface area (Å²) in [5, 5.41) is 8.15. The summed E-state index contributed by atoms with van der Waals surface area (Å²) >= 11 is 7.53. The number of aromatic nitrogens is 2. The van der Waals surface area contributed by atoms with E-state index in [1.807, 2.05) is 36.4 Å². The summed E-state index contributed by atoms with van der Waals surface area (Å²) in [5.74, 6) is 0.599. The number of anilines is 2. The van der Waals surface area contributed by atoms with E-state index in [-0.39, 0.29) is 10.6 Å². The molecular formula is C24H18ClN3O3S2. The van der Waals surface area contributed by atoms with Gasteiger partial charge in [-0.3, -0.25) is 0 Å². The van der Waals surface area contributed by atoms with Crippen molar-refractivity contribution in [3.05, 3.63) is 82.3 Å². The summed E-state index contributed by atoms with van der Waals surface area (Å²) in [6.45, 7) is 0. The van der Waals surface area contributed by atoms with Crippen molar-refractivity contribution in [2.45, 2.75) is 10.6 Å². The van der Waals surface area contributed by atoms with Gasteiger partial charge in [-0.1, -0.05) is 11.6 Å². The first-order valence-electron chi connectivity index (χ1n) is 9.98. The summed E-state index contributed by atoms with van der Waals surface area (Å²) in [6.07, 6.45) is 1.61. The van der Waals surface area contributed by atoms with E-state index in [4.69, 9.17) is 21.3 Å². The molecule has 0 spiro atoms. The second-order valence-electron chi connectivity index (χ2n) is 7.37. The van der Waals surface area contributed by atoms with Crippen LogP contribution in [0.1, 0.15) is 5.01 Å². The van der Waals surface area contributed by atoms with Crippen molar-refractivity contribution >= 4 is 66.0 Å². The van der Waals surface area contributed by atoms with Gasteiger partial charge in [-0.15, -0.1) is 11.3 Å². The fourth-order valence-electron chi connectivity index (χ4n) is 3.62. The Bertz CT molecular complexity index is 1570. The quantitative estimate of drug-likeness (QED) is 0.281. The van der Waals surface area contributed by atoms with E-state index < -0.39 is 9.84 Å². The maximum Gasteiger partial charge on any atom is 0.184 e. The minimum atomic E-state index is -3.48. The van der Waals surface area contributed by atoms with Crippen molar-refractivity contribution in [3.63, 3.8) is 0 Å². The number of nitrogens with one attached hydrogen (secondary N) is 1. The van der Waals surface area contributed by atoms with Crippen molar-refractivity contribution in [1.82, 2.24) is 9.97 Å². The third-order valence-corrected chi connectivity index (χ3v) is 8.06. The van der Waals surface area contributed by atoms with Gasteiger partial charge in [-0.2, -0.15) is 0 Å². The van der Waals surface area contributed by atoms with E-state index in [1.54, 1.807) is 43.0 Å². The molecule has 2 heterocycles. The zero-order valence-electron chi connectivity index (χ0n) is 17.4. The molecule has 0 atom stereocenters. The molecule has 0 saturated carbocycles. The van der Waals surface area contributed by atoms with Crippen molar-refractivity contribution in [3.8, 4) is 5.75 Å². The number of halogens is 1. The molecule has 5 aromatic rings. The van der Waals surface area contributed by atoms with Gasteiger partial charge in [0, 0.05) is 33.1 Å². The Kier molecular flexibility index (Phi) is 5.65. The predicted octanol–water partition coefficient (Wildman–Crippen LogP) is 6.22. The summed E-state index contributed by atoms with van der Waals surface area (Å²) in [7, 11) is -1.86. The highest BCUT2D eigenvalue weighted by atomic mass is 35.5. The molecule has 0 aliphatic rings. The van der Waals surface area contributed by atoms with Crippen LogP contribution in [0, 0.1) is 0 Å². The maximum absolute atomic E-state index is 12.7. The van der Waals surface area contributed by atoms with Crippen molar-refractivity contribution in [2.75, 3.05) is 12.4 Å². The van der Waals surface area contributed by atoms with Crippen LogP contribution in [0.2, 0.25) is 5.02 Å². The summed E-state index contributed by atoms with van der Waals surface area (Å²) in [6, 6.07) is 17.9. The highest BCUT2D eigenvalue weighted by Gasteiger charge is 2.17. The number of thiazole rings is 1. The Hall–Kier alpha value is -3.20. The largest absolute Gasteiger partial charge is 0.497 e. The average Bonchev–Trinajstić information content (AvgIpc) is 3.31. The van der Waals surface area contributed by atoms with Gasteiger partial charge >= 0.3 is 0 Å². The van der Waals surface area contributed by atoms with Crippen LogP contribution in [0.4, 0.5) is 11.4 Å². The topological polar surface area (TPSA) is 81.2 Å². The molecule has 6 nitrogen and oxygen atoms in total. The van der Waals surface area contributed by atoms with Crippen LogP contribution in [-0.2, 0) is 15.6 Å². The Morgan fingerprint density at radius 3 is 2.55 bits per heavy atom. The standard InChI is InChI=1S/C24H18ClN3O3S2/c1-31-17-5-9-21-20(13-17)24(19-8-2-15(25)12-22(19)28-21)27-16-3-6-18(7-4-16)33(29,30)14-23-26-10-11-32-23/h2-13H,14H2,1H3,(H,27,28). The predicted molar refractivity (Wildman–Crippen MR) is 134 cm³/mol. The van der Waals surface area contributed by atoms with Gasteiger partial charge in [0.15, 0.2) is 9.84 Å². The molecule has 0 unspecified atom stereocenters. The first kappa shape index (κ1) is 21.6. The number of methoxy groups -OCH3 is 1. The Morgan fingerprint density at radius 2 is 1.82 bits per heavy atom. The van der Waals surface area contributed by atoms with E-state index in [1.165, 1.54) is 11.3 Å². The lowest BCUT2D eigenvalue weighted by molar-refractivity contribution is 0.415. The first-order valence-corrected chi connectivity index (χ1v) is 12.9. The van der Waals surface area contributed by atoms with Crippen LogP contribution < -0.4 is 10.1 Å². The third kappa shape index (κ3) is 4.37. The van der Waals surface area contributed by atoms with E-state index in [0.717, 1.165) is 33.2 Å². The Balaban J connectivity index is 1.55. The van der Waals surface area contributed by atoms with Crippen LogP contribution in [0.25, 0.3) is 21.8 Å². The zero-order chi connectivity index (χ0) is 23.0. The molecule has 3 aromatic carbocycles. The van der Waals surface area contributed by atoms with Gasteiger partial charge < -0.3 is 10.1 Å². The molecule has 0 bridgehead atoms. The molecule has 0 fully saturated rings. The molecule has 0 aliphatic heterocycles. The summed E-state index contributed by atoms with van der Waals surface area (Å²) < 4.78 is 30.9. The number of pyridine rings is 1. The molecule has 0 amide bonds. The molecule has 9 heteroatoms. The number of benzene rings is 3. The number of sulfone groups is 1. The van der Waals surface area contributed by atoms with Gasteiger partial charge in [0.1, 0.15) is 16.5 Å². The van der Waals surface area contributed by atoms with Crippen LogP contribution in [0.5, 0.6) is 5.75 Å². The normalized spacial score (nSPS) is 11.7. The van der Waals surface area contributed by atoms with Crippen LogP contribution in [0.15, 0.2) is 77.1 Å². The lowest BCUT2D eigenvalue weighted by Crippen LogP contribution is -2.05. The first-order chi connectivity index (χ1) is 15.9. The number of rotatable bonds is 6. The van der Waals surface area contributed by atoms with Gasteiger partial charge in [-0.05, 0) is 60.7 Å². The third-order valence-electron chi connectivity index (χ3n) is 5.22. The van der Waals surface area contributed by atoms with Crippen molar-refractivity contribution in [2.24, 2.45) is 0 Å². The minimum Gasteiger partial charge on any atom is -0.497 e. The van der Waals surface area contributed by atoms with Crippen LogP contribution in [0.3, 0.4) is 0 Å². The number of hydrogen-bond donors (Lipinski definition) is 1. The fourth-order valence-corrected chi connectivity index (χ4v) is 6.04. The SMILES string of the molecule is COc1ccc2nc3cc(Cl)ccc3c(Nc3ccc(S(=O)(=O)Cc4nccs4)cc3)c2c1.